The van der Waals surface area contributed by atoms with Crippen LogP contribution >= 0.6 is 0 Å². The van der Waals surface area contributed by atoms with Gasteiger partial charge in [0, 0.05) is 25.6 Å². The molecule has 0 radical (unpaired) electrons. The van der Waals surface area contributed by atoms with Crippen LogP contribution in [-0.2, 0) is 26.2 Å². The van der Waals surface area contributed by atoms with E-state index in [2.05, 4.69) is 5.32 Å². The van der Waals surface area contributed by atoms with E-state index in [-0.39, 0.29) is 37.4 Å². The number of benzene rings is 2. The lowest BCUT2D eigenvalue weighted by Gasteiger charge is -2.32. The second-order valence-corrected chi connectivity index (χ2v) is 12.5. The molecule has 0 saturated heterocycles. The van der Waals surface area contributed by atoms with Gasteiger partial charge in [0.25, 0.3) is 0 Å². The number of ether oxygens (including phenoxy) is 1. The largest absolute Gasteiger partial charge is 0.497 e. The molecule has 39 heavy (non-hydrogen) atoms. The number of carbonyl (C=O) groups is 2. The first-order chi connectivity index (χ1) is 18.5. The van der Waals surface area contributed by atoms with Gasteiger partial charge in [0.1, 0.15) is 11.8 Å². The summed E-state index contributed by atoms with van der Waals surface area (Å²) in [5, 5.41) is 3.16. The van der Waals surface area contributed by atoms with Gasteiger partial charge in [-0.15, -0.1) is 0 Å². The highest BCUT2D eigenvalue weighted by atomic mass is 32.2. The zero-order valence-corrected chi connectivity index (χ0v) is 24.7. The van der Waals surface area contributed by atoms with Crippen molar-refractivity contribution in [3.05, 3.63) is 59.2 Å². The zero-order chi connectivity index (χ0) is 28.6. The van der Waals surface area contributed by atoms with Gasteiger partial charge in [-0.05, 0) is 80.5 Å². The lowest BCUT2D eigenvalue weighted by molar-refractivity contribution is -0.141. The van der Waals surface area contributed by atoms with Crippen molar-refractivity contribution in [3.8, 4) is 5.75 Å². The normalized spacial score (nSPS) is 14.6. The summed E-state index contributed by atoms with van der Waals surface area (Å²) in [5.74, 6) is 0.419. The average molecular weight is 558 g/mol. The van der Waals surface area contributed by atoms with Gasteiger partial charge >= 0.3 is 0 Å². The van der Waals surface area contributed by atoms with Crippen LogP contribution in [0.25, 0.3) is 0 Å². The summed E-state index contributed by atoms with van der Waals surface area (Å²) in [6.45, 7) is 6.23. The molecular formula is C30H43N3O5S. The van der Waals surface area contributed by atoms with E-state index in [1.165, 1.54) is 10.6 Å². The molecule has 214 valence electrons. The molecule has 3 rings (SSSR count). The summed E-state index contributed by atoms with van der Waals surface area (Å²) < 4.78 is 31.9. The Hall–Kier alpha value is -3.07. The number of aryl methyl sites for hydroxylation is 2. The van der Waals surface area contributed by atoms with Crippen LogP contribution in [0.15, 0.2) is 42.5 Å². The second-order valence-electron chi connectivity index (χ2n) is 10.6. The molecule has 8 nitrogen and oxygen atoms in total. The van der Waals surface area contributed by atoms with Crippen molar-refractivity contribution in [3.63, 3.8) is 0 Å². The number of anilines is 1. The summed E-state index contributed by atoms with van der Waals surface area (Å²) in [6.07, 6.45) is 6.27. The van der Waals surface area contributed by atoms with Crippen molar-refractivity contribution in [2.24, 2.45) is 0 Å². The van der Waals surface area contributed by atoms with Crippen molar-refractivity contribution in [1.82, 2.24) is 10.2 Å². The lowest BCUT2D eigenvalue weighted by Crippen LogP contribution is -2.51. The predicted molar refractivity (Wildman–Crippen MR) is 155 cm³/mol. The Balaban J connectivity index is 1.77. The topological polar surface area (TPSA) is 96.0 Å². The van der Waals surface area contributed by atoms with Gasteiger partial charge in [0.05, 0.1) is 19.1 Å². The van der Waals surface area contributed by atoms with Crippen molar-refractivity contribution >= 4 is 27.5 Å². The van der Waals surface area contributed by atoms with E-state index in [1.807, 2.05) is 63.2 Å². The van der Waals surface area contributed by atoms with Gasteiger partial charge in [0.15, 0.2) is 0 Å². The summed E-state index contributed by atoms with van der Waals surface area (Å²) >= 11 is 0. The predicted octanol–water partition coefficient (Wildman–Crippen LogP) is 4.72. The molecule has 9 heteroatoms. The number of hydrogen-bond acceptors (Lipinski definition) is 5. The fraction of sp³-hybridized carbons (Fsp3) is 0.533. The summed E-state index contributed by atoms with van der Waals surface area (Å²) in [5.41, 5.74) is 3.43. The molecule has 2 aromatic rings. The Morgan fingerprint density at radius 3 is 2.21 bits per heavy atom. The van der Waals surface area contributed by atoms with Crippen molar-refractivity contribution in [2.45, 2.75) is 84.3 Å². The van der Waals surface area contributed by atoms with Crippen LogP contribution in [-0.4, -0.2) is 57.1 Å². The molecule has 1 aliphatic carbocycles. The third-order valence-corrected chi connectivity index (χ3v) is 8.44. The Morgan fingerprint density at radius 1 is 1.05 bits per heavy atom. The Morgan fingerprint density at radius 2 is 1.67 bits per heavy atom. The number of rotatable bonds is 13. The van der Waals surface area contributed by atoms with Gasteiger partial charge in [0.2, 0.25) is 21.8 Å². The average Bonchev–Trinajstić information content (AvgIpc) is 3.38. The van der Waals surface area contributed by atoms with Crippen LogP contribution < -0.4 is 14.4 Å². The third-order valence-electron chi connectivity index (χ3n) is 7.25. The van der Waals surface area contributed by atoms with E-state index < -0.39 is 16.1 Å². The first-order valence-electron chi connectivity index (χ1n) is 13.8. The fourth-order valence-electron chi connectivity index (χ4n) is 5.31. The minimum Gasteiger partial charge on any atom is -0.497 e. The van der Waals surface area contributed by atoms with Gasteiger partial charge in [-0.25, -0.2) is 8.42 Å². The van der Waals surface area contributed by atoms with Gasteiger partial charge < -0.3 is 15.0 Å². The van der Waals surface area contributed by atoms with E-state index in [4.69, 9.17) is 4.74 Å². The molecule has 1 saturated carbocycles. The summed E-state index contributed by atoms with van der Waals surface area (Å²) in [6, 6.07) is 12.7. The Kier molecular flexibility index (Phi) is 10.8. The number of carbonyl (C=O) groups excluding carboxylic acids is 2. The quantitative estimate of drug-likeness (QED) is 0.384. The molecule has 1 fully saturated rings. The molecule has 0 aromatic heterocycles. The number of nitrogens with one attached hydrogen (secondary N) is 1. The van der Waals surface area contributed by atoms with Gasteiger partial charge in [-0.1, -0.05) is 38.0 Å². The van der Waals surface area contributed by atoms with Crippen molar-refractivity contribution in [2.75, 3.05) is 24.2 Å². The van der Waals surface area contributed by atoms with Crippen LogP contribution in [0.2, 0.25) is 0 Å². The molecule has 1 N–H and O–H groups in total. The molecule has 2 aromatic carbocycles. The first kappa shape index (κ1) is 30.5. The van der Waals surface area contributed by atoms with E-state index >= 15 is 0 Å². The van der Waals surface area contributed by atoms with Crippen LogP contribution in [0.1, 0.15) is 68.6 Å². The molecule has 1 atom stereocenters. The Labute approximate surface area is 233 Å². The number of hydrogen-bond donors (Lipinski definition) is 1. The Bertz CT molecular complexity index is 1200. The standard InChI is InChI=1S/C30H43N3O5S/c1-6-28(30(35)31-25-10-7-8-11-25)32(21-24-13-15-27(38-4)16-14-24)29(34)12-9-17-33(39(5,36)37)26-19-22(2)18-23(3)20-26/h13-16,18-20,25,28H,6-12,17,21H2,1-5H3,(H,31,35)/t28-/m1/s1. The van der Waals surface area contributed by atoms with Crippen LogP contribution in [0.3, 0.4) is 0 Å². The number of amides is 2. The SMILES string of the molecule is CC[C@H](C(=O)NC1CCCC1)N(Cc1ccc(OC)cc1)C(=O)CCCN(c1cc(C)cc(C)c1)S(C)(=O)=O. The summed E-state index contributed by atoms with van der Waals surface area (Å²) in [4.78, 5) is 28.6. The summed E-state index contributed by atoms with van der Waals surface area (Å²) in [7, 11) is -1.94. The van der Waals surface area contributed by atoms with Crippen molar-refractivity contribution in [1.29, 1.82) is 0 Å². The smallest absolute Gasteiger partial charge is 0.243 e. The second kappa shape index (κ2) is 13.8. The van der Waals surface area contributed by atoms with E-state index in [1.54, 1.807) is 12.0 Å². The molecule has 0 heterocycles. The van der Waals surface area contributed by atoms with Crippen LogP contribution in [0, 0.1) is 13.8 Å². The number of nitrogens with zero attached hydrogens (tertiary/aromatic N) is 2. The van der Waals surface area contributed by atoms with Gasteiger partial charge in [-0.2, -0.15) is 0 Å². The molecule has 0 unspecified atom stereocenters. The first-order valence-corrected chi connectivity index (χ1v) is 15.7. The van der Waals surface area contributed by atoms with E-state index in [0.717, 1.165) is 48.1 Å². The maximum atomic E-state index is 13.6. The van der Waals surface area contributed by atoms with E-state index in [9.17, 15) is 18.0 Å². The van der Waals surface area contributed by atoms with Crippen molar-refractivity contribution < 1.29 is 22.7 Å². The lowest BCUT2D eigenvalue weighted by atomic mass is 10.1. The zero-order valence-electron chi connectivity index (χ0n) is 23.9. The minimum absolute atomic E-state index is 0.125. The third kappa shape index (κ3) is 8.71. The highest BCUT2D eigenvalue weighted by Crippen LogP contribution is 2.23. The number of sulfonamides is 1. The van der Waals surface area contributed by atoms with Gasteiger partial charge in [-0.3, -0.25) is 13.9 Å². The molecule has 0 aliphatic heterocycles. The van der Waals surface area contributed by atoms with E-state index in [0.29, 0.717) is 18.5 Å². The molecule has 2 amide bonds. The highest BCUT2D eigenvalue weighted by molar-refractivity contribution is 7.92. The molecular weight excluding hydrogens is 514 g/mol. The van der Waals surface area contributed by atoms with Crippen LogP contribution in [0.5, 0.6) is 5.75 Å². The minimum atomic E-state index is -3.54. The molecule has 0 spiro atoms. The fourth-order valence-corrected chi connectivity index (χ4v) is 6.26. The monoisotopic (exact) mass is 557 g/mol. The highest BCUT2D eigenvalue weighted by Gasteiger charge is 2.30. The molecule has 1 aliphatic rings. The molecule has 0 bridgehead atoms. The number of methoxy groups -OCH3 is 1. The maximum Gasteiger partial charge on any atom is 0.243 e. The van der Waals surface area contributed by atoms with Crippen LogP contribution in [0.4, 0.5) is 5.69 Å². The maximum absolute atomic E-state index is 13.6.